The average Bonchev–Trinajstić information content (AvgIpc) is 2.48. The lowest BCUT2D eigenvalue weighted by molar-refractivity contribution is 1.44. The molecule has 0 fully saturated rings. The number of benzene rings is 2. The lowest BCUT2D eigenvalue weighted by atomic mass is 10.1. The number of hydrogen-bond donors (Lipinski definition) is 0. The van der Waals surface area contributed by atoms with Gasteiger partial charge in [0, 0.05) is 0 Å². The van der Waals surface area contributed by atoms with Crippen LogP contribution in [0.3, 0.4) is 0 Å². The Balaban J connectivity index is 2.19. The van der Waals surface area contributed by atoms with Crippen molar-refractivity contribution in [1.29, 1.82) is 0 Å². The summed E-state index contributed by atoms with van der Waals surface area (Å²) in [6, 6.07) is 16.9. The van der Waals surface area contributed by atoms with Crippen molar-refractivity contribution >= 4 is 17.7 Å². The summed E-state index contributed by atoms with van der Waals surface area (Å²) < 4.78 is 0. The van der Waals surface area contributed by atoms with E-state index in [1.807, 2.05) is 12.1 Å². The van der Waals surface area contributed by atoms with Gasteiger partial charge in [0.05, 0.1) is 0 Å². The van der Waals surface area contributed by atoms with Gasteiger partial charge in [-0.2, -0.15) is 0 Å². The van der Waals surface area contributed by atoms with Crippen molar-refractivity contribution in [3.8, 4) is 0 Å². The lowest BCUT2D eigenvalue weighted by Gasteiger charge is -2.00. The standard InChI is InChI=1S/C21H22/c1-16-8-12-20(13-9-16)18(3)6-5-7-19(4)21-14-10-17(2)11-15-21/h5-15H,1H2,2-4H3/b6-5+,19-7+. The summed E-state index contributed by atoms with van der Waals surface area (Å²) in [4.78, 5) is 0. The molecule has 0 amide bonds. The Hall–Kier alpha value is -2.34. The fourth-order valence-corrected chi connectivity index (χ4v) is 2.11. The smallest absolute Gasteiger partial charge is 0.0227 e. The van der Waals surface area contributed by atoms with Crippen molar-refractivity contribution in [2.45, 2.75) is 20.8 Å². The van der Waals surface area contributed by atoms with Gasteiger partial charge in [0.2, 0.25) is 0 Å². The van der Waals surface area contributed by atoms with E-state index >= 15 is 0 Å². The second kappa shape index (κ2) is 6.90. The van der Waals surface area contributed by atoms with Gasteiger partial charge in [0.25, 0.3) is 0 Å². The van der Waals surface area contributed by atoms with E-state index in [2.05, 4.69) is 82.0 Å². The Labute approximate surface area is 127 Å². The summed E-state index contributed by atoms with van der Waals surface area (Å²) in [5.41, 5.74) is 5.08. The van der Waals surface area contributed by atoms with Gasteiger partial charge >= 0.3 is 0 Å². The highest BCUT2D eigenvalue weighted by Gasteiger charge is 1.93. The lowest BCUT2D eigenvalue weighted by Crippen LogP contribution is -2.07. The van der Waals surface area contributed by atoms with E-state index in [0.717, 1.165) is 5.22 Å². The number of rotatable bonds is 3. The SMILES string of the molecule is C=c1ccc(=C(C)/C=C/C=C(\C)c2ccc(C)cc2)cc1. The zero-order chi connectivity index (χ0) is 15.2. The maximum atomic E-state index is 3.91. The highest BCUT2D eigenvalue weighted by atomic mass is 14.0. The van der Waals surface area contributed by atoms with Gasteiger partial charge in [0.1, 0.15) is 0 Å². The molecule has 0 saturated heterocycles. The minimum absolute atomic E-state index is 1.05. The molecule has 0 aliphatic heterocycles. The van der Waals surface area contributed by atoms with Crippen LogP contribution in [0.2, 0.25) is 0 Å². The summed E-state index contributed by atoms with van der Waals surface area (Å²) >= 11 is 0. The van der Waals surface area contributed by atoms with Crippen molar-refractivity contribution in [1.82, 2.24) is 0 Å². The van der Waals surface area contributed by atoms with Crippen LogP contribution in [0.15, 0.2) is 66.8 Å². The first-order chi connectivity index (χ1) is 10.1. The third-order valence-electron chi connectivity index (χ3n) is 3.61. The third kappa shape index (κ3) is 4.32. The molecule has 0 aliphatic carbocycles. The fraction of sp³-hybridized carbons (Fsp3) is 0.143. The molecule has 0 aromatic heterocycles. The molecule has 2 aromatic rings. The fourth-order valence-electron chi connectivity index (χ4n) is 2.11. The summed E-state index contributed by atoms with van der Waals surface area (Å²) in [6.07, 6.45) is 6.42. The molecule has 2 aromatic carbocycles. The molecule has 2 rings (SSSR count). The molecule has 0 heteroatoms. The largest absolute Gasteiger partial charge is 0.0918 e. The summed E-state index contributed by atoms with van der Waals surface area (Å²) in [5.74, 6) is 0. The second-order valence-corrected chi connectivity index (χ2v) is 5.45. The monoisotopic (exact) mass is 274 g/mol. The van der Waals surface area contributed by atoms with Crippen molar-refractivity contribution < 1.29 is 0 Å². The molecular weight excluding hydrogens is 252 g/mol. The van der Waals surface area contributed by atoms with Crippen LogP contribution >= 0.6 is 0 Å². The average molecular weight is 274 g/mol. The van der Waals surface area contributed by atoms with Crippen molar-refractivity contribution in [3.05, 3.63) is 88.3 Å². The topological polar surface area (TPSA) is 0 Å². The highest BCUT2D eigenvalue weighted by molar-refractivity contribution is 5.66. The Morgan fingerprint density at radius 3 is 2.14 bits per heavy atom. The minimum atomic E-state index is 1.05. The van der Waals surface area contributed by atoms with E-state index in [-0.39, 0.29) is 0 Å². The van der Waals surface area contributed by atoms with E-state index in [1.165, 1.54) is 27.5 Å². The first-order valence-corrected chi connectivity index (χ1v) is 7.24. The van der Waals surface area contributed by atoms with Crippen molar-refractivity contribution in [3.63, 3.8) is 0 Å². The second-order valence-electron chi connectivity index (χ2n) is 5.45. The Kier molecular flexibility index (Phi) is 4.94. The number of hydrogen-bond acceptors (Lipinski definition) is 0. The van der Waals surface area contributed by atoms with Gasteiger partial charge in [-0.25, -0.2) is 0 Å². The van der Waals surface area contributed by atoms with E-state index in [0.29, 0.717) is 0 Å². The molecule has 0 aliphatic rings. The molecule has 0 unspecified atom stereocenters. The molecular formula is C21H22. The van der Waals surface area contributed by atoms with Gasteiger partial charge < -0.3 is 0 Å². The molecule has 0 atom stereocenters. The van der Waals surface area contributed by atoms with Gasteiger partial charge in [-0.05, 0) is 47.9 Å². The van der Waals surface area contributed by atoms with Crippen LogP contribution in [0.5, 0.6) is 0 Å². The first kappa shape index (κ1) is 15.1. The number of aryl methyl sites for hydroxylation is 1. The third-order valence-corrected chi connectivity index (χ3v) is 3.61. The zero-order valence-electron chi connectivity index (χ0n) is 13.1. The number of allylic oxidation sites excluding steroid dienone is 4. The molecule has 0 nitrogen and oxygen atoms in total. The normalized spacial score (nSPS) is 11.9. The van der Waals surface area contributed by atoms with Crippen LogP contribution in [-0.2, 0) is 0 Å². The van der Waals surface area contributed by atoms with Crippen LogP contribution in [0.4, 0.5) is 0 Å². The van der Waals surface area contributed by atoms with Crippen LogP contribution in [0.1, 0.15) is 25.0 Å². The van der Waals surface area contributed by atoms with Crippen molar-refractivity contribution in [2.24, 2.45) is 0 Å². The molecule has 0 heterocycles. The molecule has 106 valence electrons. The predicted octanol–water partition coefficient (Wildman–Crippen LogP) is 4.24. The maximum Gasteiger partial charge on any atom is -0.0227 e. The molecule has 0 radical (unpaired) electrons. The molecule has 0 saturated carbocycles. The molecule has 21 heavy (non-hydrogen) atoms. The summed E-state index contributed by atoms with van der Waals surface area (Å²) in [7, 11) is 0. The van der Waals surface area contributed by atoms with Gasteiger partial charge in [0.15, 0.2) is 0 Å². The van der Waals surface area contributed by atoms with Gasteiger partial charge in [-0.15, -0.1) is 0 Å². The summed E-state index contributed by atoms with van der Waals surface area (Å²) in [6.45, 7) is 10.3. The van der Waals surface area contributed by atoms with Gasteiger partial charge in [-0.1, -0.05) is 78.9 Å². The predicted molar refractivity (Wildman–Crippen MR) is 94.3 cm³/mol. The van der Waals surface area contributed by atoms with E-state index in [1.54, 1.807) is 0 Å². The zero-order valence-corrected chi connectivity index (χ0v) is 13.1. The Morgan fingerprint density at radius 2 is 1.52 bits per heavy atom. The van der Waals surface area contributed by atoms with Gasteiger partial charge in [-0.3, -0.25) is 0 Å². The Bertz CT molecular complexity index is 748. The van der Waals surface area contributed by atoms with E-state index < -0.39 is 0 Å². The molecule has 0 N–H and O–H groups in total. The molecule has 0 spiro atoms. The molecule has 0 bridgehead atoms. The maximum absolute atomic E-state index is 3.91. The Morgan fingerprint density at radius 1 is 0.905 bits per heavy atom. The van der Waals surface area contributed by atoms with Crippen LogP contribution in [0, 0.1) is 6.92 Å². The minimum Gasteiger partial charge on any atom is -0.0918 e. The first-order valence-electron chi connectivity index (χ1n) is 7.24. The van der Waals surface area contributed by atoms with Crippen molar-refractivity contribution in [2.75, 3.05) is 0 Å². The highest BCUT2D eigenvalue weighted by Crippen LogP contribution is 2.14. The van der Waals surface area contributed by atoms with E-state index in [4.69, 9.17) is 0 Å². The summed E-state index contributed by atoms with van der Waals surface area (Å²) in [5, 5.41) is 2.28. The van der Waals surface area contributed by atoms with Crippen LogP contribution in [0.25, 0.3) is 17.7 Å². The van der Waals surface area contributed by atoms with Crippen LogP contribution < -0.4 is 10.4 Å². The quantitative estimate of drug-likeness (QED) is 0.735. The van der Waals surface area contributed by atoms with E-state index in [9.17, 15) is 0 Å². The van der Waals surface area contributed by atoms with Crippen LogP contribution in [-0.4, -0.2) is 0 Å².